The molecule has 5 nitrogen and oxygen atoms in total. The van der Waals surface area contributed by atoms with Gasteiger partial charge in [-0.25, -0.2) is 4.90 Å². The van der Waals surface area contributed by atoms with Gasteiger partial charge in [-0.15, -0.1) is 11.3 Å². The first-order valence-corrected chi connectivity index (χ1v) is 10.5. The second kappa shape index (κ2) is 7.80. The topological polar surface area (TPSA) is 52.7 Å². The Morgan fingerprint density at radius 1 is 0.900 bits per heavy atom. The van der Waals surface area contributed by atoms with E-state index in [4.69, 9.17) is 0 Å². The van der Waals surface area contributed by atoms with E-state index in [9.17, 15) is 9.59 Å². The minimum atomic E-state index is -0.348. The van der Waals surface area contributed by atoms with E-state index in [0.717, 1.165) is 21.8 Å². The molecule has 2 amide bonds. The van der Waals surface area contributed by atoms with Gasteiger partial charge in [-0.05, 0) is 72.8 Å². The van der Waals surface area contributed by atoms with Gasteiger partial charge in [-0.3, -0.25) is 9.59 Å². The molecular weight excluding hydrogens is 394 g/mol. The summed E-state index contributed by atoms with van der Waals surface area (Å²) >= 11 is 1.45. The maximum atomic E-state index is 13.4. The molecule has 0 fully saturated rings. The summed E-state index contributed by atoms with van der Waals surface area (Å²) < 4.78 is 0. The minimum absolute atomic E-state index is 0.308. The summed E-state index contributed by atoms with van der Waals surface area (Å²) in [6, 6.07) is 17.1. The van der Waals surface area contributed by atoms with Gasteiger partial charge in [0, 0.05) is 30.3 Å². The molecule has 0 radical (unpaired) electrons. The van der Waals surface area contributed by atoms with Gasteiger partial charge in [0.15, 0.2) is 0 Å². The summed E-state index contributed by atoms with van der Waals surface area (Å²) in [5.74, 6) is -0.661. The number of amides is 2. The molecule has 6 heteroatoms. The maximum Gasteiger partial charge on any atom is 0.282 e. The number of rotatable bonds is 5. The van der Waals surface area contributed by atoms with E-state index in [1.165, 1.54) is 21.8 Å². The standard InChI is InChI=1S/C24H23N3O2S/c1-15-7-8-17(14-16(15)2)25-22-21(20-6-5-13-30-20)23(28)27(24(22)29)19-11-9-18(10-12-19)26(3)4/h5-14,25H,1-4H3. The maximum absolute atomic E-state index is 13.4. The Hall–Kier alpha value is -3.38. The van der Waals surface area contributed by atoms with Crippen molar-refractivity contribution in [2.45, 2.75) is 13.8 Å². The number of imide groups is 1. The zero-order valence-electron chi connectivity index (χ0n) is 17.4. The summed E-state index contributed by atoms with van der Waals surface area (Å²) in [5.41, 5.74) is 5.34. The fraction of sp³-hybridized carbons (Fsp3) is 0.167. The third-order valence-corrected chi connectivity index (χ3v) is 6.14. The van der Waals surface area contributed by atoms with E-state index in [1.54, 1.807) is 12.1 Å². The monoisotopic (exact) mass is 417 g/mol. The number of carbonyl (C=O) groups is 2. The first-order valence-electron chi connectivity index (χ1n) is 9.65. The average Bonchev–Trinajstić information content (AvgIpc) is 3.32. The number of hydrogen-bond donors (Lipinski definition) is 1. The van der Waals surface area contributed by atoms with Crippen LogP contribution in [0.5, 0.6) is 0 Å². The number of anilines is 3. The molecule has 2 aromatic carbocycles. The van der Waals surface area contributed by atoms with Crippen molar-refractivity contribution in [2.75, 3.05) is 29.2 Å². The molecule has 0 bridgehead atoms. The third-order valence-electron chi connectivity index (χ3n) is 5.25. The highest BCUT2D eigenvalue weighted by molar-refractivity contribution is 7.11. The van der Waals surface area contributed by atoms with Crippen molar-refractivity contribution >= 4 is 45.8 Å². The molecule has 3 aromatic rings. The Morgan fingerprint density at radius 3 is 2.23 bits per heavy atom. The predicted molar refractivity (Wildman–Crippen MR) is 124 cm³/mol. The lowest BCUT2D eigenvalue weighted by molar-refractivity contribution is -0.120. The predicted octanol–water partition coefficient (Wildman–Crippen LogP) is 4.83. The Morgan fingerprint density at radius 2 is 1.63 bits per heavy atom. The van der Waals surface area contributed by atoms with Crippen molar-refractivity contribution in [3.05, 3.63) is 81.7 Å². The number of thiophene rings is 1. The first-order chi connectivity index (χ1) is 14.4. The second-order valence-corrected chi connectivity index (χ2v) is 8.46. The number of nitrogens with one attached hydrogen (secondary N) is 1. The van der Waals surface area contributed by atoms with Gasteiger partial charge in [0.25, 0.3) is 11.8 Å². The molecule has 0 saturated carbocycles. The molecule has 30 heavy (non-hydrogen) atoms. The number of aryl methyl sites for hydroxylation is 2. The molecule has 0 unspecified atom stereocenters. The Balaban J connectivity index is 1.75. The summed E-state index contributed by atoms with van der Waals surface area (Å²) in [4.78, 5) is 30.7. The zero-order valence-corrected chi connectivity index (χ0v) is 18.2. The molecule has 0 saturated heterocycles. The van der Waals surface area contributed by atoms with E-state index >= 15 is 0 Å². The Bertz CT molecular complexity index is 1150. The Kier molecular flexibility index (Phi) is 5.18. The second-order valence-electron chi connectivity index (χ2n) is 7.51. The summed E-state index contributed by atoms with van der Waals surface area (Å²) in [6.45, 7) is 4.06. The van der Waals surface area contributed by atoms with Crippen LogP contribution in [0, 0.1) is 13.8 Å². The minimum Gasteiger partial charge on any atom is -0.378 e. The van der Waals surface area contributed by atoms with E-state index in [1.807, 2.05) is 80.7 Å². The summed E-state index contributed by atoms with van der Waals surface area (Å²) in [6.07, 6.45) is 0. The van der Waals surface area contributed by atoms with Gasteiger partial charge < -0.3 is 10.2 Å². The third kappa shape index (κ3) is 3.50. The summed E-state index contributed by atoms with van der Waals surface area (Å²) in [7, 11) is 3.90. The van der Waals surface area contributed by atoms with Crippen LogP contribution in [0.4, 0.5) is 17.1 Å². The number of hydrogen-bond acceptors (Lipinski definition) is 5. The van der Waals surface area contributed by atoms with Crippen LogP contribution in [0.1, 0.15) is 16.0 Å². The zero-order chi connectivity index (χ0) is 21.4. The molecule has 1 aliphatic heterocycles. The molecule has 0 spiro atoms. The van der Waals surface area contributed by atoms with Gasteiger partial charge >= 0.3 is 0 Å². The van der Waals surface area contributed by atoms with Crippen LogP contribution in [0.3, 0.4) is 0 Å². The van der Waals surface area contributed by atoms with Gasteiger partial charge in [-0.2, -0.15) is 0 Å². The van der Waals surface area contributed by atoms with Crippen LogP contribution in [-0.2, 0) is 9.59 Å². The normalized spacial score (nSPS) is 13.9. The SMILES string of the molecule is Cc1ccc(NC2=C(c3cccs3)C(=O)N(c3ccc(N(C)C)cc3)C2=O)cc1C. The van der Waals surface area contributed by atoms with Crippen molar-refractivity contribution in [1.29, 1.82) is 0 Å². The molecule has 1 N–H and O–H groups in total. The van der Waals surface area contributed by atoms with Crippen LogP contribution in [0.2, 0.25) is 0 Å². The van der Waals surface area contributed by atoms with Gasteiger partial charge in [0.1, 0.15) is 5.70 Å². The fourth-order valence-corrected chi connectivity index (χ4v) is 4.16. The Labute approximate surface area is 180 Å². The van der Waals surface area contributed by atoms with Crippen molar-refractivity contribution < 1.29 is 9.59 Å². The van der Waals surface area contributed by atoms with Crippen LogP contribution in [-0.4, -0.2) is 25.9 Å². The lowest BCUT2D eigenvalue weighted by Crippen LogP contribution is -2.32. The molecule has 0 atom stereocenters. The lowest BCUT2D eigenvalue weighted by Gasteiger charge is -2.18. The van der Waals surface area contributed by atoms with Crippen LogP contribution in [0.15, 0.2) is 65.7 Å². The largest absolute Gasteiger partial charge is 0.378 e. The number of nitrogens with zero attached hydrogens (tertiary/aromatic N) is 2. The average molecular weight is 418 g/mol. The van der Waals surface area contributed by atoms with E-state index in [0.29, 0.717) is 17.0 Å². The smallest absolute Gasteiger partial charge is 0.282 e. The molecule has 4 rings (SSSR count). The molecular formula is C24H23N3O2S. The molecule has 2 heterocycles. The lowest BCUT2D eigenvalue weighted by atomic mass is 10.1. The van der Waals surface area contributed by atoms with Gasteiger partial charge in [-0.1, -0.05) is 12.1 Å². The van der Waals surface area contributed by atoms with Crippen LogP contribution >= 0.6 is 11.3 Å². The highest BCUT2D eigenvalue weighted by Gasteiger charge is 2.40. The van der Waals surface area contributed by atoms with E-state index in [-0.39, 0.29) is 11.8 Å². The van der Waals surface area contributed by atoms with Crippen LogP contribution < -0.4 is 15.1 Å². The fourth-order valence-electron chi connectivity index (χ4n) is 3.39. The molecule has 152 valence electrons. The molecule has 1 aliphatic rings. The van der Waals surface area contributed by atoms with Crippen molar-refractivity contribution in [1.82, 2.24) is 0 Å². The quantitative estimate of drug-likeness (QED) is 0.605. The number of benzene rings is 2. The van der Waals surface area contributed by atoms with Gasteiger partial charge in [0.2, 0.25) is 0 Å². The highest BCUT2D eigenvalue weighted by atomic mass is 32.1. The number of carbonyl (C=O) groups excluding carboxylic acids is 2. The van der Waals surface area contributed by atoms with Crippen molar-refractivity contribution in [2.24, 2.45) is 0 Å². The molecule has 1 aromatic heterocycles. The highest BCUT2D eigenvalue weighted by Crippen LogP contribution is 2.36. The summed E-state index contributed by atoms with van der Waals surface area (Å²) in [5, 5.41) is 5.13. The molecule has 0 aliphatic carbocycles. The van der Waals surface area contributed by atoms with E-state index in [2.05, 4.69) is 5.32 Å². The van der Waals surface area contributed by atoms with E-state index < -0.39 is 0 Å². The van der Waals surface area contributed by atoms with Crippen molar-refractivity contribution in [3.8, 4) is 0 Å². The van der Waals surface area contributed by atoms with Crippen molar-refractivity contribution in [3.63, 3.8) is 0 Å². The van der Waals surface area contributed by atoms with Gasteiger partial charge in [0.05, 0.1) is 11.3 Å². The first kappa shape index (κ1) is 19.9. The van der Waals surface area contributed by atoms with Crippen LogP contribution in [0.25, 0.3) is 5.57 Å².